The quantitative estimate of drug-likeness (QED) is 0.274. The second-order valence-corrected chi connectivity index (χ2v) is 7.63. The molecule has 0 saturated carbocycles. The first-order chi connectivity index (χ1) is 13.0. The number of Topliss-reactive ketones (excluding diaryl/α,β-unsaturated/α-hetero) is 1. The molecule has 0 aliphatic carbocycles. The number of hydrogen-bond donors (Lipinski definition) is 0. The second-order valence-electron chi connectivity index (χ2n) is 7.63. The number of rotatable bonds is 14. The molecule has 0 aromatic heterocycles. The summed E-state index contributed by atoms with van der Waals surface area (Å²) >= 11 is 0. The van der Waals surface area contributed by atoms with E-state index in [0.29, 0.717) is 12.2 Å². The molecule has 0 spiro atoms. The Bertz CT molecular complexity index is 533. The van der Waals surface area contributed by atoms with Crippen LogP contribution in [-0.4, -0.2) is 5.78 Å². The van der Waals surface area contributed by atoms with Crippen LogP contribution in [0.5, 0.6) is 0 Å². The van der Waals surface area contributed by atoms with Gasteiger partial charge in [0, 0.05) is 11.8 Å². The third-order valence-electron chi connectivity index (χ3n) is 3.97. The molecule has 0 atom stereocenters. The first-order valence-electron chi connectivity index (χ1n) is 10.4. The molecule has 28 heavy (non-hydrogen) atoms. The largest absolute Gasteiger partial charge is 0.299 e. The van der Waals surface area contributed by atoms with Gasteiger partial charge in [0.15, 0.2) is 0 Å². The van der Waals surface area contributed by atoms with Gasteiger partial charge in [0.05, 0.1) is 0 Å². The van der Waals surface area contributed by atoms with Gasteiger partial charge < -0.3 is 0 Å². The molecule has 158 valence electrons. The van der Waals surface area contributed by atoms with Crippen molar-refractivity contribution in [2.45, 2.75) is 86.5 Å². The fourth-order valence-electron chi connectivity index (χ4n) is 2.23. The summed E-state index contributed by atoms with van der Waals surface area (Å²) in [7, 11) is 0. The molecule has 0 radical (unpaired) electrons. The van der Waals surface area contributed by atoms with Crippen molar-refractivity contribution in [1.29, 1.82) is 0 Å². The minimum atomic E-state index is -0.211. The van der Waals surface area contributed by atoms with Gasteiger partial charge in [0.25, 0.3) is 0 Å². The van der Waals surface area contributed by atoms with Crippen molar-refractivity contribution < 1.29 is 4.79 Å². The first kappa shape index (κ1) is 28.3. The summed E-state index contributed by atoms with van der Waals surface area (Å²) in [6.07, 6.45) is 33.9. The maximum atomic E-state index is 11.8. The van der Waals surface area contributed by atoms with Gasteiger partial charge in [-0.05, 0) is 44.9 Å². The minimum absolute atomic E-state index is 0. The standard InChI is InChI=1S/C26H40O.CH4/c1-5-6-7-8-9-10-11-12-13-14-15-16-17-18-19-20-21-22-23-24-25(27)26(2,3)4;/h6-7,9-10,12-13,15-16,18-19,21-22H,5,8,11,14,17,20,23-24H2,1-4H3;1H4/b7-6-,10-9-,13-12-,16-15-,19-18-,22-21-;. The van der Waals surface area contributed by atoms with Crippen LogP contribution in [0.1, 0.15) is 86.5 Å². The van der Waals surface area contributed by atoms with Gasteiger partial charge in [-0.1, -0.05) is 108 Å². The lowest BCUT2D eigenvalue weighted by Gasteiger charge is -2.15. The molecular weight excluding hydrogens is 340 g/mol. The molecule has 0 aliphatic rings. The van der Waals surface area contributed by atoms with E-state index in [4.69, 9.17) is 0 Å². The van der Waals surface area contributed by atoms with E-state index in [1.54, 1.807) is 0 Å². The van der Waals surface area contributed by atoms with Crippen molar-refractivity contribution in [2.24, 2.45) is 5.41 Å². The van der Waals surface area contributed by atoms with Crippen molar-refractivity contribution >= 4 is 5.78 Å². The average molecular weight is 385 g/mol. The Hall–Kier alpha value is -1.89. The molecule has 0 amide bonds. The first-order valence-corrected chi connectivity index (χ1v) is 10.4. The van der Waals surface area contributed by atoms with E-state index in [-0.39, 0.29) is 12.8 Å². The van der Waals surface area contributed by atoms with Crippen LogP contribution in [0, 0.1) is 5.41 Å². The van der Waals surface area contributed by atoms with Crippen molar-refractivity contribution in [3.8, 4) is 0 Å². The fraction of sp³-hybridized carbons (Fsp3) is 0.519. The molecule has 0 aromatic rings. The molecular formula is C27H44O. The summed E-state index contributed by atoms with van der Waals surface area (Å²) in [6, 6.07) is 0. The molecule has 0 aliphatic heterocycles. The lowest BCUT2D eigenvalue weighted by Crippen LogP contribution is -2.19. The molecule has 0 N–H and O–H groups in total. The summed E-state index contributed by atoms with van der Waals surface area (Å²) in [5.41, 5.74) is -0.211. The Morgan fingerprint density at radius 2 is 0.929 bits per heavy atom. The molecule has 1 nitrogen and oxygen atoms in total. The average Bonchev–Trinajstić information content (AvgIpc) is 2.62. The second kappa shape index (κ2) is 19.9. The zero-order valence-electron chi connectivity index (χ0n) is 18.0. The van der Waals surface area contributed by atoms with Crippen LogP contribution in [0.3, 0.4) is 0 Å². The van der Waals surface area contributed by atoms with E-state index in [2.05, 4.69) is 79.8 Å². The van der Waals surface area contributed by atoms with E-state index >= 15 is 0 Å². The van der Waals surface area contributed by atoms with Gasteiger partial charge in [0.1, 0.15) is 5.78 Å². The highest BCUT2D eigenvalue weighted by molar-refractivity contribution is 5.83. The summed E-state index contributed by atoms with van der Waals surface area (Å²) in [5, 5.41) is 0. The molecule has 0 aromatic carbocycles. The summed E-state index contributed by atoms with van der Waals surface area (Å²) in [5.74, 6) is 0.335. The van der Waals surface area contributed by atoms with Gasteiger partial charge in [-0.3, -0.25) is 4.79 Å². The van der Waals surface area contributed by atoms with Crippen molar-refractivity contribution in [3.63, 3.8) is 0 Å². The third-order valence-corrected chi connectivity index (χ3v) is 3.97. The number of carbonyl (C=O) groups excluding carboxylic acids is 1. The number of carbonyl (C=O) groups is 1. The maximum absolute atomic E-state index is 11.8. The number of hydrogen-bond acceptors (Lipinski definition) is 1. The van der Waals surface area contributed by atoms with E-state index in [0.717, 1.165) is 44.9 Å². The topological polar surface area (TPSA) is 17.1 Å². The van der Waals surface area contributed by atoms with Crippen LogP contribution >= 0.6 is 0 Å². The fourth-order valence-corrected chi connectivity index (χ4v) is 2.23. The van der Waals surface area contributed by atoms with E-state index in [9.17, 15) is 4.79 Å². The Kier molecular flexibility index (Phi) is 20.1. The Morgan fingerprint density at radius 1 is 0.607 bits per heavy atom. The van der Waals surface area contributed by atoms with Gasteiger partial charge in [-0.15, -0.1) is 0 Å². The third kappa shape index (κ3) is 20.4. The van der Waals surface area contributed by atoms with Gasteiger partial charge in [-0.25, -0.2) is 0 Å². The highest BCUT2D eigenvalue weighted by Gasteiger charge is 2.19. The Labute approximate surface area is 175 Å². The van der Waals surface area contributed by atoms with Crippen LogP contribution in [0.15, 0.2) is 72.9 Å². The van der Waals surface area contributed by atoms with E-state index < -0.39 is 0 Å². The maximum Gasteiger partial charge on any atom is 0.138 e. The van der Waals surface area contributed by atoms with Crippen LogP contribution < -0.4 is 0 Å². The monoisotopic (exact) mass is 384 g/mol. The Balaban J connectivity index is 0. The smallest absolute Gasteiger partial charge is 0.138 e. The zero-order valence-corrected chi connectivity index (χ0v) is 18.0. The van der Waals surface area contributed by atoms with Crippen LogP contribution in [0.4, 0.5) is 0 Å². The minimum Gasteiger partial charge on any atom is -0.299 e. The highest BCUT2D eigenvalue weighted by Crippen LogP contribution is 2.17. The highest BCUT2D eigenvalue weighted by atomic mass is 16.1. The van der Waals surface area contributed by atoms with E-state index in [1.807, 2.05) is 20.8 Å². The molecule has 0 saturated heterocycles. The SMILES string of the molecule is C.CC/C=C\C/C=C\C/C=C\C/C=C\C/C=C\C/C=C\CCC(=O)C(C)(C)C. The van der Waals surface area contributed by atoms with Gasteiger partial charge in [0.2, 0.25) is 0 Å². The summed E-state index contributed by atoms with van der Waals surface area (Å²) < 4.78 is 0. The van der Waals surface area contributed by atoms with E-state index in [1.165, 1.54) is 0 Å². The van der Waals surface area contributed by atoms with Gasteiger partial charge in [-0.2, -0.15) is 0 Å². The molecule has 0 heterocycles. The molecule has 0 rings (SSSR count). The van der Waals surface area contributed by atoms with Gasteiger partial charge >= 0.3 is 0 Å². The zero-order chi connectivity index (χ0) is 20.2. The molecule has 0 bridgehead atoms. The number of ketones is 1. The molecule has 1 heteroatoms. The lowest BCUT2D eigenvalue weighted by molar-refractivity contribution is -0.126. The van der Waals surface area contributed by atoms with Crippen molar-refractivity contribution in [1.82, 2.24) is 0 Å². The van der Waals surface area contributed by atoms with Crippen LogP contribution in [0.25, 0.3) is 0 Å². The summed E-state index contributed by atoms with van der Waals surface area (Å²) in [6.45, 7) is 8.10. The lowest BCUT2D eigenvalue weighted by atomic mass is 9.88. The molecule has 0 unspecified atom stereocenters. The van der Waals surface area contributed by atoms with Crippen molar-refractivity contribution in [2.75, 3.05) is 0 Å². The number of allylic oxidation sites excluding steroid dienone is 12. The van der Waals surface area contributed by atoms with Crippen molar-refractivity contribution in [3.05, 3.63) is 72.9 Å². The van der Waals surface area contributed by atoms with Crippen LogP contribution in [-0.2, 0) is 4.79 Å². The predicted molar refractivity (Wildman–Crippen MR) is 129 cm³/mol. The normalized spacial score (nSPS) is 13.1. The summed E-state index contributed by atoms with van der Waals surface area (Å²) in [4.78, 5) is 11.8. The molecule has 0 fully saturated rings. The predicted octanol–water partition coefficient (Wildman–Crippen LogP) is 8.72. The van der Waals surface area contributed by atoms with Crippen LogP contribution in [0.2, 0.25) is 0 Å². The Morgan fingerprint density at radius 3 is 1.25 bits per heavy atom.